The third kappa shape index (κ3) is 2.71. The lowest BCUT2D eigenvalue weighted by Gasteiger charge is -2.35. The summed E-state index contributed by atoms with van der Waals surface area (Å²) in [5.41, 5.74) is 1.42. The Morgan fingerprint density at radius 1 is 1.11 bits per heavy atom. The van der Waals surface area contributed by atoms with Gasteiger partial charge in [0, 0.05) is 24.3 Å². The highest BCUT2D eigenvalue weighted by molar-refractivity contribution is 5.09. The fourth-order valence-corrected chi connectivity index (χ4v) is 3.94. The molecule has 1 N–H and O–H groups in total. The number of nitrogens with one attached hydrogen (secondary N) is 1. The van der Waals surface area contributed by atoms with Crippen LogP contribution in [0, 0.1) is 5.92 Å². The number of piperidine rings is 1. The standard InChI is InChI=1S/C16H27N3/c1-12-6-3-4-9-15(12)19-11-17-10-16(19)14-8-5-7-13(2)18-14/h10-15,18H,3-9H2,1-2H3. The van der Waals surface area contributed by atoms with Gasteiger partial charge in [-0.3, -0.25) is 0 Å². The van der Waals surface area contributed by atoms with Gasteiger partial charge in [-0.15, -0.1) is 0 Å². The lowest BCUT2D eigenvalue weighted by atomic mass is 9.85. The summed E-state index contributed by atoms with van der Waals surface area (Å²) in [4.78, 5) is 4.45. The monoisotopic (exact) mass is 261 g/mol. The van der Waals surface area contributed by atoms with Crippen molar-refractivity contribution in [3.05, 3.63) is 18.2 Å². The zero-order valence-corrected chi connectivity index (χ0v) is 12.3. The summed E-state index contributed by atoms with van der Waals surface area (Å²) < 4.78 is 2.49. The summed E-state index contributed by atoms with van der Waals surface area (Å²) >= 11 is 0. The molecular formula is C16H27N3. The molecule has 1 aliphatic carbocycles. The van der Waals surface area contributed by atoms with Gasteiger partial charge < -0.3 is 9.88 Å². The van der Waals surface area contributed by atoms with E-state index in [9.17, 15) is 0 Å². The van der Waals surface area contributed by atoms with Crippen LogP contribution in [0.2, 0.25) is 0 Å². The number of hydrogen-bond acceptors (Lipinski definition) is 2. The number of aromatic nitrogens is 2. The minimum atomic E-state index is 0.514. The van der Waals surface area contributed by atoms with E-state index in [-0.39, 0.29) is 0 Å². The normalized spacial score (nSPS) is 36.3. The van der Waals surface area contributed by atoms with E-state index < -0.39 is 0 Å². The average molecular weight is 261 g/mol. The maximum Gasteiger partial charge on any atom is 0.0951 e. The van der Waals surface area contributed by atoms with Crippen LogP contribution in [0.3, 0.4) is 0 Å². The van der Waals surface area contributed by atoms with Gasteiger partial charge >= 0.3 is 0 Å². The fourth-order valence-electron chi connectivity index (χ4n) is 3.94. The molecule has 0 bridgehead atoms. The van der Waals surface area contributed by atoms with Crippen LogP contribution < -0.4 is 5.32 Å². The second-order valence-corrected chi connectivity index (χ2v) is 6.61. The van der Waals surface area contributed by atoms with Crippen molar-refractivity contribution in [1.29, 1.82) is 0 Å². The first-order valence-corrected chi connectivity index (χ1v) is 8.03. The van der Waals surface area contributed by atoms with Gasteiger partial charge in [-0.2, -0.15) is 0 Å². The van der Waals surface area contributed by atoms with Gasteiger partial charge in [-0.25, -0.2) is 4.98 Å². The van der Waals surface area contributed by atoms with Crippen LogP contribution in [0.4, 0.5) is 0 Å². The van der Waals surface area contributed by atoms with Crippen LogP contribution in [0.15, 0.2) is 12.5 Å². The molecule has 1 aliphatic heterocycles. The Balaban J connectivity index is 1.81. The van der Waals surface area contributed by atoms with Crippen molar-refractivity contribution < 1.29 is 0 Å². The van der Waals surface area contributed by atoms with Crippen molar-refractivity contribution in [2.75, 3.05) is 0 Å². The van der Waals surface area contributed by atoms with E-state index in [0.717, 1.165) is 5.92 Å². The van der Waals surface area contributed by atoms with Crippen LogP contribution >= 0.6 is 0 Å². The molecule has 1 aromatic rings. The van der Waals surface area contributed by atoms with Crippen LogP contribution in [0.25, 0.3) is 0 Å². The van der Waals surface area contributed by atoms with Gasteiger partial charge in [0.25, 0.3) is 0 Å². The van der Waals surface area contributed by atoms with Gasteiger partial charge in [-0.1, -0.05) is 19.8 Å². The number of imidazole rings is 1. The SMILES string of the molecule is CC1CCCC(c2cncn2C2CCCCC2C)N1. The van der Waals surface area contributed by atoms with Crippen molar-refractivity contribution in [1.82, 2.24) is 14.9 Å². The third-order valence-electron chi connectivity index (χ3n) is 5.09. The molecule has 0 radical (unpaired) electrons. The molecule has 1 saturated carbocycles. The van der Waals surface area contributed by atoms with E-state index in [1.807, 2.05) is 0 Å². The predicted molar refractivity (Wildman–Crippen MR) is 78.1 cm³/mol. The van der Waals surface area contributed by atoms with Gasteiger partial charge in [0.15, 0.2) is 0 Å². The molecule has 0 aromatic carbocycles. The van der Waals surface area contributed by atoms with Crippen LogP contribution in [-0.4, -0.2) is 15.6 Å². The first-order valence-electron chi connectivity index (χ1n) is 8.03. The van der Waals surface area contributed by atoms with E-state index in [1.165, 1.54) is 50.6 Å². The van der Waals surface area contributed by atoms with Gasteiger partial charge in [0.1, 0.15) is 0 Å². The topological polar surface area (TPSA) is 29.9 Å². The largest absolute Gasteiger partial charge is 0.330 e. The molecule has 1 aromatic heterocycles. The summed E-state index contributed by atoms with van der Waals surface area (Å²) in [7, 11) is 0. The Hall–Kier alpha value is -0.830. The molecule has 3 rings (SSSR count). The summed E-state index contributed by atoms with van der Waals surface area (Å²) in [5.74, 6) is 0.794. The molecule has 3 nitrogen and oxygen atoms in total. The number of nitrogens with zero attached hydrogens (tertiary/aromatic N) is 2. The molecule has 4 atom stereocenters. The second kappa shape index (κ2) is 5.66. The molecule has 2 fully saturated rings. The number of rotatable bonds is 2. The smallest absolute Gasteiger partial charge is 0.0951 e. The summed E-state index contributed by atoms with van der Waals surface area (Å²) in [6, 6.07) is 1.83. The van der Waals surface area contributed by atoms with E-state index in [2.05, 4.69) is 41.2 Å². The molecule has 4 unspecified atom stereocenters. The van der Waals surface area contributed by atoms with Crippen molar-refractivity contribution in [3.8, 4) is 0 Å². The number of hydrogen-bond donors (Lipinski definition) is 1. The van der Waals surface area contributed by atoms with E-state index in [4.69, 9.17) is 0 Å². The first kappa shape index (κ1) is 13.2. The molecule has 0 spiro atoms. The van der Waals surface area contributed by atoms with Gasteiger partial charge in [-0.05, 0) is 44.9 Å². The van der Waals surface area contributed by atoms with Crippen molar-refractivity contribution in [2.24, 2.45) is 5.92 Å². The highest BCUT2D eigenvalue weighted by Gasteiger charge is 2.28. The highest BCUT2D eigenvalue weighted by atomic mass is 15.1. The lowest BCUT2D eigenvalue weighted by Crippen LogP contribution is -2.36. The molecule has 3 heteroatoms. The minimum absolute atomic E-state index is 0.514. The summed E-state index contributed by atoms with van der Waals surface area (Å²) in [6.45, 7) is 4.71. The molecule has 106 valence electrons. The van der Waals surface area contributed by atoms with Crippen LogP contribution in [-0.2, 0) is 0 Å². The Bertz CT molecular complexity index is 412. The first-order chi connectivity index (χ1) is 9.25. The zero-order chi connectivity index (χ0) is 13.2. The van der Waals surface area contributed by atoms with Crippen molar-refractivity contribution >= 4 is 0 Å². The Morgan fingerprint density at radius 3 is 2.74 bits per heavy atom. The maximum absolute atomic E-state index is 4.45. The van der Waals surface area contributed by atoms with Crippen LogP contribution in [0.1, 0.15) is 76.6 Å². The quantitative estimate of drug-likeness (QED) is 0.876. The second-order valence-electron chi connectivity index (χ2n) is 6.61. The Morgan fingerprint density at radius 2 is 1.95 bits per heavy atom. The summed E-state index contributed by atoms with van der Waals surface area (Å²) in [5, 5.41) is 3.75. The molecule has 19 heavy (non-hydrogen) atoms. The zero-order valence-electron chi connectivity index (χ0n) is 12.3. The highest BCUT2D eigenvalue weighted by Crippen LogP contribution is 2.36. The lowest BCUT2D eigenvalue weighted by molar-refractivity contribution is 0.240. The van der Waals surface area contributed by atoms with Crippen LogP contribution in [0.5, 0.6) is 0 Å². The Labute approximate surface area is 116 Å². The van der Waals surface area contributed by atoms with Crippen molar-refractivity contribution in [2.45, 2.75) is 76.9 Å². The molecule has 1 saturated heterocycles. The van der Waals surface area contributed by atoms with E-state index in [1.54, 1.807) is 0 Å². The average Bonchev–Trinajstić information content (AvgIpc) is 2.88. The minimum Gasteiger partial charge on any atom is -0.330 e. The fraction of sp³-hybridized carbons (Fsp3) is 0.812. The van der Waals surface area contributed by atoms with E-state index >= 15 is 0 Å². The third-order valence-corrected chi connectivity index (χ3v) is 5.09. The predicted octanol–water partition coefficient (Wildman–Crippen LogP) is 3.84. The van der Waals surface area contributed by atoms with Gasteiger partial charge in [0.05, 0.1) is 12.0 Å². The summed E-state index contributed by atoms with van der Waals surface area (Å²) in [6.07, 6.45) is 13.6. The molecule has 2 aliphatic rings. The molecule has 2 heterocycles. The maximum atomic E-state index is 4.45. The molecular weight excluding hydrogens is 234 g/mol. The van der Waals surface area contributed by atoms with Gasteiger partial charge in [0.2, 0.25) is 0 Å². The molecule has 0 amide bonds. The Kier molecular flexibility index (Phi) is 3.92. The van der Waals surface area contributed by atoms with Crippen molar-refractivity contribution in [3.63, 3.8) is 0 Å². The van der Waals surface area contributed by atoms with E-state index in [0.29, 0.717) is 18.1 Å².